The highest BCUT2D eigenvalue weighted by atomic mass is 32.2. The number of hydrogen-bond donors (Lipinski definition) is 3. The zero-order chi connectivity index (χ0) is 20.0. The second kappa shape index (κ2) is 8.68. The van der Waals surface area contributed by atoms with Crippen molar-refractivity contribution in [1.82, 2.24) is 5.32 Å². The number of amides is 1. The van der Waals surface area contributed by atoms with Crippen LogP contribution in [0.15, 0.2) is 48.5 Å². The van der Waals surface area contributed by atoms with Gasteiger partial charge in [0.1, 0.15) is 0 Å². The van der Waals surface area contributed by atoms with Crippen LogP contribution in [0.1, 0.15) is 21.5 Å². The molecule has 7 nitrogen and oxygen atoms in total. The summed E-state index contributed by atoms with van der Waals surface area (Å²) in [5, 5.41) is 12.0. The van der Waals surface area contributed by atoms with Crippen LogP contribution < -0.4 is 10.0 Å². The van der Waals surface area contributed by atoms with Crippen LogP contribution in [0.4, 0.5) is 5.69 Å². The fourth-order valence-electron chi connectivity index (χ4n) is 2.54. The molecule has 0 aliphatic rings. The molecule has 1 unspecified atom stereocenters. The predicted octanol–water partition coefficient (Wildman–Crippen LogP) is 2.04. The molecule has 2 aromatic rings. The summed E-state index contributed by atoms with van der Waals surface area (Å²) in [7, 11) is -3.47. The second-order valence-electron chi connectivity index (χ2n) is 6.34. The zero-order valence-corrected chi connectivity index (χ0v) is 15.9. The van der Waals surface area contributed by atoms with Gasteiger partial charge in [-0.3, -0.25) is 14.3 Å². The number of hydrogen-bond acceptors (Lipinski definition) is 4. The highest BCUT2D eigenvalue weighted by Gasteiger charge is 2.19. The van der Waals surface area contributed by atoms with Crippen LogP contribution in [0.2, 0.25) is 0 Å². The molecule has 0 saturated carbocycles. The lowest BCUT2D eigenvalue weighted by atomic mass is 9.99. The molecule has 0 aromatic heterocycles. The van der Waals surface area contributed by atoms with Gasteiger partial charge in [-0.25, -0.2) is 8.42 Å². The van der Waals surface area contributed by atoms with E-state index in [-0.39, 0.29) is 12.1 Å². The lowest BCUT2D eigenvalue weighted by Gasteiger charge is -2.14. The normalized spacial score (nSPS) is 12.2. The fourth-order valence-corrected chi connectivity index (χ4v) is 3.16. The minimum Gasteiger partial charge on any atom is -0.481 e. The average Bonchev–Trinajstić information content (AvgIpc) is 2.59. The van der Waals surface area contributed by atoms with Crippen molar-refractivity contribution in [3.8, 4) is 0 Å². The number of carbonyl (C=O) groups excluding carboxylic acids is 1. The van der Waals surface area contributed by atoms with E-state index >= 15 is 0 Å². The van der Waals surface area contributed by atoms with Crippen molar-refractivity contribution in [3.63, 3.8) is 0 Å². The molecule has 144 valence electrons. The molecule has 0 saturated heterocycles. The smallest absolute Gasteiger partial charge is 0.308 e. The Kier molecular flexibility index (Phi) is 6.57. The van der Waals surface area contributed by atoms with E-state index in [1.807, 2.05) is 30.3 Å². The molecule has 0 bridgehead atoms. The predicted molar refractivity (Wildman–Crippen MR) is 103 cm³/mol. The van der Waals surface area contributed by atoms with Gasteiger partial charge in [0.25, 0.3) is 5.91 Å². The molecule has 8 heteroatoms. The van der Waals surface area contributed by atoms with Gasteiger partial charge in [0.15, 0.2) is 0 Å². The fraction of sp³-hybridized carbons (Fsp3) is 0.263. The van der Waals surface area contributed by atoms with E-state index in [2.05, 4.69) is 10.0 Å². The van der Waals surface area contributed by atoms with Gasteiger partial charge >= 0.3 is 5.97 Å². The van der Waals surface area contributed by atoms with Crippen molar-refractivity contribution in [1.29, 1.82) is 0 Å². The van der Waals surface area contributed by atoms with Gasteiger partial charge in [0.05, 0.1) is 17.9 Å². The Morgan fingerprint density at radius 2 is 1.78 bits per heavy atom. The van der Waals surface area contributed by atoms with Crippen molar-refractivity contribution in [2.24, 2.45) is 5.92 Å². The molecular weight excluding hydrogens is 368 g/mol. The number of aliphatic carboxylic acids is 1. The first-order valence-corrected chi connectivity index (χ1v) is 10.2. The maximum Gasteiger partial charge on any atom is 0.308 e. The summed E-state index contributed by atoms with van der Waals surface area (Å²) in [6.07, 6.45) is 1.32. The summed E-state index contributed by atoms with van der Waals surface area (Å²) in [5.41, 5.74) is 2.10. The molecule has 3 N–H and O–H groups in total. The molecule has 0 spiro atoms. The van der Waals surface area contributed by atoms with E-state index in [0.29, 0.717) is 17.7 Å². The summed E-state index contributed by atoms with van der Waals surface area (Å²) >= 11 is 0. The van der Waals surface area contributed by atoms with Gasteiger partial charge < -0.3 is 10.4 Å². The van der Waals surface area contributed by atoms with Crippen molar-refractivity contribution in [2.75, 3.05) is 17.5 Å². The van der Waals surface area contributed by atoms with E-state index in [0.717, 1.165) is 11.8 Å². The minimum atomic E-state index is -3.47. The Bertz CT molecular complexity index is 926. The standard InChI is InChI=1S/C19H22N2O5S/c1-13-8-9-15(11-17(13)21-27(2,25)26)18(22)20-12-16(19(23)24)10-14-6-4-3-5-7-14/h3-9,11,16,21H,10,12H2,1-2H3,(H,20,22)(H,23,24). The van der Waals surface area contributed by atoms with E-state index in [4.69, 9.17) is 0 Å². The Morgan fingerprint density at radius 3 is 2.37 bits per heavy atom. The van der Waals surface area contributed by atoms with Gasteiger partial charge in [-0.15, -0.1) is 0 Å². The van der Waals surface area contributed by atoms with Crippen LogP contribution in [0.5, 0.6) is 0 Å². The number of aryl methyl sites for hydroxylation is 1. The molecule has 27 heavy (non-hydrogen) atoms. The largest absolute Gasteiger partial charge is 0.481 e. The summed E-state index contributed by atoms with van der Waals surface area (Å²) < 4.78 is 25.2. The molecule has 2 aromatic carbocycles. The number of carboxylic acid groups (broad SMARTS) is 1. The number of sulfonamides is 1. The molecule has 0 radical (unpaired) electrons. The summed E-state index contributed by atoms with van der Waals surface area (Å²) in [4.78, 5) is 23.9. The topological polar surface area (TPSA) is 113 Å². The monoisotopic (exact) mass is 390 g/mol. The van der Waals surface area contributed by atoms with Gasteiger partial charge in [0.2, 0.25) is 10.0 Å². The van der Waals surface area contributed by atoms with E-state index in [1.54, 1.807) is 19.1 Å². The first-order chi connectivity index (χ1) is 12.7. The number of carboxylic acids is 1. The Morgan fingerprint density at radius 1 is 1.11 bits per heavy atom. The highest BCUT2D eigenvalue weighted by molar-refractivity contribution is 7.92. The lowest BCUT2D eigenvalue weighted by Crippen LogP contribution is -2.34. The summed E-state index contributed by atoms with van der Waals surface area (Å²) in [5.74, 6) is -2.23. The SMILES string of the molecule is Cc1ccc(C(=O)NCC(Cc2ccccc2)C(=O)O)cc1NS(C)(=O)=O. The third kappa shape index (κ3) is 6.41. The first kappa shape index (κ1) is 20.4. The minimum absolute atomic E-state index is 0.0359. The van der Waals surface area contributed by atoms with Crippen LogP contribution in [-0.4, -0.2) is 38.2 Å². The van der Waals surface area contributed by atoms with E-state index in [1.165, 1.54) is 6.07 Å². The number of carbonyl (C=O) groups is 2. The Balaban J connectivity index is 2.07. The maximum absolute atomic E-state index is 12.4. The molecule has 0 aliphatic carbocycles. The van der Waals surface area contributed by atoms with Crippen molar-refractivity contribution < 1.29 is 23.1 Å². The molecule has 0 aliphatic heterocycles. The number of rotatable bonds is 8. The molecule has 2 rings (SSSR count). The van der Waals surface area contributed by atoms with Gasteiger partial charge in [0, 0.05) is 12.1 Å². The second-order valence-corrected chi connectivity index (χ2v) is 8.09. The van der Waals surface area contributed by atoms with Gasteiger partial charge in [-0.2, -0.15) is 0 Å². The molecule has 1 amide bonds. The molecule has 0 heterocycles. The Hall–Kier alpha value is -2.87. The first-order valence-electron chi connectivity index (χ1n) is 8.29. The third-order valence-electron chi connectivity index (χ3n) is 3.98. The molecule has 0 fully saturated rings. The molecular formula is C19H22N2O5S. The van der Waals surface area contributed by atoms with Crippen molar-refractivity contribution in [2.45, 2.75) is 13.3 Å². The summed E-state index contributed by atoms with van der Waals surface area (Å²) in [6.45, 7) is 1.68. The maximum atomic E-state index is 12.4. The van der Waals surface area contributed by atoms with Gasteiger partial charge in [-0.1, -0.05) is 36.4 Å². The van der Waals surface area contributed by atoms with Crippen molar-refractivity contribution in [3.05, 3.63) is 65.2 Å². The van der Waals surface area contributed by atoms with E-state index < -0.39 is 27.8 Å². The van der Waals surface area contributed by atoms with Crippen LogP contribution >= 0.6 is 0 Å². The van der Waals surface area contributed by atoms with Crippen LogP contribution in [-0.2, 0) is 21.2 Å². The number of benzene rings is 2. The highest BCUT2D eigenvalue weighted by Crippen LogP contribution is 2.18. The lowest BCUT2D eigenvalue weighted by molar-refractivity contribution is -0.141. The quantitative estimate of drug-likeness (QED) is 0.638. The number of nitrogens with one attached hydrogen (secondary N) is 2. The van der Waals surface area contributed by atoms with Crippen LogP contribution in [0.3, 0.4) is 0 Å². The molecule has 1 atom stereocenters. The third-order valence-corrected chi connectivity index (χ3v) is 4.57. The summed E-state index contributed by atoms with van der Waals surface area (Å²) in [6, 6.07) is 13.8. The van der Waals surface area contributed by atoms with Crippen molar-refractivity contribution >= 4 is 27.6 Å². The Labute approximate surface area is 158 Å². The van der Waals surface area contributed by atoms with Gasteiger partial charge in [-0.05, 0) is 36.6 Å². The number of anilines is 1. The van der Waals surface area contributed by atoms with Crippen LogP contribution in [0, 0.1) is 12.8 Å². The van der Waals surface area contributed by atoms with E-state index in [9.17, 15) is 23.1 Å². The zero-order valence-electron chi connectivity index (χ0n) is 15.1. The average molecular weight is 390 g/mol. The van der Waals surface area contributed by atoms with Crippen LogP contribution in [0.25, 0.3) is 0 Å².